The fraction of sp³-hybridized carbons (Fsp3) is 0.261. The third kappa shape index (κ3) is 3.29. The van der Waals surface area contributed by atoms with Crippen molar-refractivity contribution < 1.29 is 4.42 Å². The Morgan fingerprint density at radius 1 is 1.11 bits per heavy atom. The molecule has 0 unspecified atom stereocenters. The van der Waals surface area contributed by atoms with Crippen LogP contribution in [-0.4, -0.2) is 32.9 Å². The molecule has 5 nitrogen and oxygen atoms in total. The summed E-state index contributed by atoms with van der Waals surface area (Å²) in [6.07, 6.45) is 6.68. The molecule has 5 rings (SSSR count). The van der Waals surface area contributed by atoms with Crippen molar-refractivity contribution >= 4 is 10.9 Å². The molecule has 3 aromatic heterocycles. The number of para-hydroxylation sites is 1. The minimum Gasteiger partial charge on any atom is -0.449 e. The third-order valence-electron chi connectivity index (χ3n) is 5.49. The summed E-state index contributed by atoms with van der Waals surface area (Å²) in [7, 11) is 0. The number of hydrogen-bond donors (Lipinski definition) is 0. The second kappa shape index (κ2) is 7.17. The van der Waals surface area contributed by atoms with Gasteiger partial charge in [0.15, 0.2) is 5.89 Å². The number of aromatic nitrogens is 3. The van der Waals surface area contributed by atoms with E-state index in [1.165, 1.54) is 5.56 Å². The fourth-order valence-electron chi connectivity index (χ4n) is 4.12. The molecule has 28 heavy (non-hydrogen) atoms. The number of aryl methyl sites for hydroxylation is 1. The van der Waals surface area contributed by atoms with Crippen molar-refractivity contribution in [2.45, 2.75) is 25.8 Å². The molecule has 0 amide bonds. The van der Waals surface area contributed by atoms with Crippen molar-refractivity contribution in [2.24, 2.45) is 0 Å². The van der Waals surface area contributed by atoms with Gasteiger partial charge in [-0.1, -0.05) is 24.3 Å². The van der Waals surface area contributed by atoms with Crippen LogP contribution in [0.15, 0.2) is 65.5 Å². The van der Waals surface area contributed by atoms with Crippen LogP contribution in [0.3, 0.4) is 0 Å². The highest BCUT2D eigenvalue weighted by molar-refractivity contribution is 5.92. The summed E-state index contributed by atoms with van der Waals surface area (Å²) in [6.45, 7) is 4.84. The summed E-state index contributed by atoms with van der Waals surface area (Å²) in [5.74, 6) is 1.24. The summed E-state index contributed by atoms with van der Waals surface area (Å²) in [6, 6.07) is 14.7. The van der Waals surface area contributed by atoms with E-state index < -0.39 is 0 Å². The molecule has 1 aliphatic rings. The van der Waals surface area contributed by atoms with Crippen molar-refractivity contribution in [3.05, 3.63) is 78.3 Å². The molecule has 1 atom stereocenters. The van der Waals surface area contributed by atoms with Crippen LogP contribution >= 0.6 is 0 Å². The average molecular weight is 370 g/mol. The van der Waals surface area contributed by atoms with E-state index >= 15 is 0 Å². The zero-order chi connectivity index (χ0) is 18.9. The van der Waals surface area contributed by atoms with E-state index in [1.54, 1.807) is 6.26 Å². The van der Waals surface area contributed by atoms with Crippen LogP contribution in [-0.2, 0) is 6.54 Å². The molecular weight excluding hydrogens is 348 g/mol. The van der Waals surface area contributed by atoms with Gasteiger partial charge in [-0.3, -0.25) is 14.9 Å². The molecule has 0 aliphatic carbocycles. The lowest BCUT2D eigenvalue weighted by Crippen LogP contribution is -2.20. The molecule has 0 saturated carbocycles. The molecule has 1 aliphatic heterocycles. The molecule has 0 bridgehead atoms. The summed E-state index contributed by atoms with van der Waals surface area (Å²) < 4.78 is 5.33. The molecular formula is C23H22N4O. The number of likely N-dealkylation sites (tertiary alicyclic amines) is 1. The predicted octanol–water partition coefficient (Wildman–Crippen LogP) is 4.58. The second-order valence-electron chi connectivity index (χ2n) is 7.43. The van der Waals surface area contributed by atoms with Crippen molar-refractivity contribution in [3.8, 4) is 11.3 Å². The second-order valence-corrected chi connectivity index (χ2v) is 7.43. The van der Waals surface area contributed by atoms with Gasteiger partial charge in [-0.2, -0.15) is 0 Å². The Kier molecular flexibility index (Phi) is 4.37. The number of pyridine rings is 2. The molecule has 0 spiro atoms. The third-order valence-corrected chi connectivity index (χ3v) is 5.49. The van der Waals surface area contributed by atoms with Gasteiger partial charge in [0.1, 0.15) is 6.26 Å². The molecule has 1 saturated heterocycles. The Bertz CT molecular complexity index is 1120. The fourth-order valence-corrected chi connectivity index (χ4v) is 4.12. The Labute approximate surface area is 164 Å². The number of rotatable bonds is 4. The maximum atomic E-state index is 5.33. The van der Waals surface area contributed by atoms with Gasteiger partial charge < -0.3 is 4.42 Å². The molecule has 1 fully saturated rings. The van der Waals surface area contributed by atoms with Crippen molar-refractivity contribution in [2.75, 3.05) is 13.1 Å². The minimum atomic E-state index is 0.512. The number of nitrogens with zero attached hydrogens (tertiary/aromatic N) is 4. The van der Waals surface area contributed by atoms with E-state index in [0.29, 0.717) is 5.92 Å². The van der Waals surface area contributed by atoms with E-state index in [9.17, 15) is 0 Å². The highest BCUT2D eigenvalue weighted by Crippen LogP contribution is 2.31. The van der Waals surface area contributed by atoms with Crippen LogP contribution in [0, 0.1) is 6.92 Å². The molecule has 140 valence electrons. The van der Waals surface area contributed by atoms with Gasteiger partial charge in [0.05, 0.1) is 16.9 Å². The monoisotopic (exact) mass is 370 g/mol. The number of benzene rings is 1. The Morgan fingerprint density at radius 2 is 2.04 bits per heavy atom. The van der Waals surface area contributed by atoms with Crippen molar-refractivity contribution in [3.63, 3.8) is 0 Å². The van der Waals surface area contributed by atoms with E-state index in [2.05, 4.69) is 56.3 Å². The van der Waals surface area contributed by atoms with Crippen molar-refractivity contribution in [1.82, 2.24) is 19.9 Å². The largest absolute Gasteiger partial charge is 0.449 e. The van der Waals surface area contributed by atoms with E-state index in [0.717, 1.165) is 59.8 Å². The summed E-state index contributed by atoms with van der Waals surface area (Å²) in [5, 5.41) is 1.14. The number of fused-ring (bicyclic) bond motifs is 1. The van der Waals surface area contributed by atoms with E-state index in [4.69, 9.17) is 4.42 Å². The van der Waals surface area contributed by atoms with Gasteiger partial charge in [0, 0.05) is 43.4 Å². The normalized spacial score (nSPS) is 17.4. The highest BCUT2D eigenvalue weighted by atomic mass is 16.3. The van der Waals surface area contributed by atoms with Crippen molar-refractivity contribution in [1.29, 1.82) is 0 Å². The summed E-state index contributed by atoms with van der Waals surface area (Å²) in [5.41, 5.74) is 5.44. The lowest BCUT2D eigenvalue weighted by atomic mass is 9.97. The number of oxazole rings is 1. The van der Waals surface area contributed by atoms with Gasteiger partial charge in [0.2, 0.25) is 0 Å². The zero-order valence-electron chi connectivity index (χ0n) is 15.9. The first-order valence-electron chi connectivity index (χ1n) is 9.70. The quantitative estimate of drug-likeness (QED) is 0.526. The zero-order valence-corrected chi connectivity index (χ0v) is 15.9. The molecule has 5 heteroatoms. The van der Waals surface area contributed by atoms with Gasteiger partial charge >= 0.3 is 0 Å². The SMILES string of the molecule is Cc1nc(CN2CC[C@@H](c3ccnc(-c4cccc5cccnc45)c3)C2)co1. The van der Waals surface area contributed by atoms with Crippen LogP contribution < -0.4 is 0 Å². The maximum absolute atomic E-state index is 5.33. The van der Waals surface area contributed by atoms with Crippen LogP contribution in [0.4, 0.5) is 0 Å². The summed E-state index contributed by atoms with van der Waals surface area (Å²) >= 11 is 0. The Morgan fingerprint density at radius 3 is 2.93 bits per heavy atom. The molecule has 1 aromatic carbocycles. The topological polar surface area (TPSA) is 55.1 Å². The molecule has 0 radical (unpaired) electrons. The van der Waals surface area contributed by atoms with E-state index in [-0.39, 0.29) is 0 Å². The predicted molar refractivity (Wildman–Crippen MR) is 109 cm³/mol. The Hall–Kier alpha value is -3.05. The molecule has 0 N–H and O–H groups in total. The number of hydrogen-bond acceptors (Lipinski definition) is 5. The molecule has 4 heterocycles. The average Bonchev–Trinajstić information content (AvgIpc) is 3.37. The first-order valence-corrected chi connectivity index (χ1v) is 9.70. The first-order chi connectivity index (χ1) is 13.8. The first kappa shape index (κ1) is 17.1. The Balaban J connectivity index is 1.39. The van der Waals surface area contributed by atoms with Crippen LogP contribution in [0.25, 0.3) is 22.2 Å². The van der Waals surface area contributed by atoms with Crippen LogP contribution in [0.2, 0.25) is 0 Å². The van der Waals surface area contributed by atoms with Crippen LogP contribution in [0.1, 0.15) is 29.5 Å². The minimum absolute atomic E-state index is 0.512. The van der Waals surface area contributed by atoms with E-state index in [1.807, 2.05) is 25.4 Å². The molecule has 4 aromatic rings. The lowest BCUT2D eigenvalue weighted by molar-refractivity contribution is 0.322. The smallest absolute Gasteiger partial charge is 0.191 e. The van der Waals surface area contributed by atoms with Crippen LogP contribution in [0.5, 0.6) is 0 Å². The van der Waals surface area contributed by atoms with Gasteiger partial charge in [-0.25, -0.2) is 4.98 Å². The maximum Gasteiger partial charge on any atom is 0.191 e. The van der Waals surface area contributed by atoms with Gasteiger partial charge in [-0.15, -0.1) is 0 Å². The highest BCUT2D eigenvalue weighted by Gasteiger charge is 2.25. The van der Waals surface area contributed by atoms with Gasteiger partial charge in [0.25, 0.3) is 0 Å². The van der Waals surface area contributed by atoms with Gasteiger partial charge in [-0.05, 0) is 42.6 Å². The summed E-state index contributed by atoms with van der Waals surface area (Å²) in [4.78, 5) is 16.1. The standard InChI is InChI=1S/C23H22N4O/c1-16-26-20(15-28-16)14-27-11-8-19(13-27)18-7-10-24-22(12-18)21-6-2-4-17-5-3-9-25-23(17)21/h2-7,9-10,12,15,19H,8,11,13-14H2,1H3/t19-/m1/s1. The lowest BCUT2D eigenvalue weighted by Gasteiger charge is -2.15.